The van der Waals surface area contributed by atoms with Crippen molar-refractivity contribution in [3.63, 3.8) is 0 Å². The summed E-state index contributed by atoms with van der Waals surface area (Å²) in [5.74, 6) is 0.872. The molecule has 1 aliphatic heterocycles. The Balaban J connectivity index is 1.88. The topological polar surface area (TPSA) is 65.1 Å². The number of esters is 1. The van der Waals surface area contributed by atoms with E-state index >= 15 is 0 Å². The highest BCUT2D eigenvalue weighted by Crippen LogP contribution is 2.28. The van der Waals surface area contributed by atoms with Crippen LogP contribution in [-0.4, -0.2) is 30.4 Å². The van der Waals surface area contributed by atoms with Gasteiger partial charge in [0.25, 0.3) is 5.56 Å². The molecule has 23 heavy (non-hydrogen) atoms. The molecule has 7 heteroatoms. The Labute approximate surface area is 139 Å². The molecule has 1 aromatic heterocycles. The van der Waals surface area contributed by atoms with Crippen LogP contribution in [0.15, 0.2) is 9.79 Å². The van der Waals surface area contributed by atoms with Crippen LogP contribution in [0.2, 0.25) is 0 Å². The van der Waals surface area contributed by atoms with E-state index < -0.39 is 5.97 Å². The first-order chi connectivity index (χ1) is 11.0. The standard InChI is InChI=1S/C16H23N3O3S/c1-10-5-4-6-12(11(10)2)18-8-17-16-19(9-18)15(21)13(23-16)7-14(20)22-3/h7,10-12H,4-6,8-9H2,1-3H3/p+1/b13-7+/t10-,11+,12+/m0/s1. The van der Waals surface area contributed by atoms with Gasteiger partial charge in [-0.1, -0.05) is 25.2 Å². The third-order valence-electron chi connectivity index (χ3n) is 5.35. The summed E-state index contributed by atoms with van der Waals surface area (Å²) in [6, 6.07) is 0.551. The average Bonchev–Trinajstić information content (AvgIpc) is 2.85. The molecule has 6 nitrogen and oxygen atoms in total. The van der Waals surface area contributed by atoms with Crippen molar-refractivity contribution in [2.45, 2.75) is 45.8 Å². The van der Waals surface area contributed by atoms with Gasteiger partial charge < -0.3 is 4.74 Å². The summed E-state index contributed by atoms with van der Waals surface area (Å²) in [6.07, 6.45) is 5.01. The van der Waals surface area contributed by atoms with Gasteiger partial charge in [-0.25, -0.2) is 14.4 Å². The summed E-state index contributed by atoms with van der Waals surface area (Å²) >= 11 is 1.27. The Hall–Kier alpha value is -1.47. The number of carbonyl (C=O) groups excluding carboxylic acids is 1. The Morgan fingerprint density at radius 2 is 2.22 bits per heavy atom. The highest BCUT2D eigenvalue weighted by molar-refractivity contribution is 7.07. The van der Waals surface area contributed by atoms with Crippen molar-refractivity contribution in [2.75, 3.05) is 13.8 Å². The second-order valence-corrected chi connectivity index (χ2v) is 7.67. The van der Waals surface area contributed by atoms with Crippen LogP contribution in [0.25, 0.3) is 6.08 Å². The first-order valence-corrected chi connectivity index (χ1v) is 9.01. The highest BCUT2D eigenvalue weighted by atomic mass is 32.1. The molecule has 4 atom stereocenters. The minimum atomic E-state index is -0.500. The summed E-state index contributed by atoms with van der Waals surface area (Å²) in [4.78, 5) is 30.6. The average molecular weight is 338 g/mol. The molecule has 1 saturated carbocycles. The number of methoxy groups -OCH3 is 1. The van der Waals surface area contributed by atoms with E-state index in [1.807, 2.05) is 0 Å². The van der Waals surface area contributed by atoms with Gasteiger partial charge in [0.05, 0.1) is 13.2 Å². The van der Waals surface area contributed by atoms with Crippen molar-refractivity contribution in [1.29, 1.82) is 0 Å². The maximum atomic E-state index is 12.5. The molecular formula is C16H24N3O3S+. The molecule has 3 rings (SSSR count). The monoisotopic (exact) mass is 338 g/mol. The molecule has 1 aromatic rings. The third kappa shape index (κ3) is 3.12. The number of nitrogens with one attached hydrogen (secondary N) is 1. The van der Waals surface area contributed by atoms with Crippen LogP contribution in [0.4, 0.5) is 0 Å². The second-order valence-electron chi connectivity index (χ2n) is 6.66. The van der Waals surface area contributed by atoms with Crippen molar-refractivity contribution in [3.8, 4) is 0 Å². The summed E-state index contributed by atoms with van der Waals surface area (Å²) in [5.41, 5.74) is -0.132. The van der Waals surface area contributed by atoms with Crippen LogP contribution in [-0.2, 0) is 16.2 Å². The van der Waals surface area contributed by atoms with Gasteiger partial charge >= 0.3 is 5.97 Å². The predicted octanol–water partition coefficient (Wildman–Crippen LogP) is -0.879. The van der Waals surface area contributed by atoms with Crippen molar-refractivity contribution >= 4 is 23.4 Å². The fourth-order valence-corrected chi connectivity index (χ4v) is 4.68. The molecule has 0 aromatic carbocycles. The number of rotatable bonds is 2. The van der Waals surface area contributed by atoms with E-state index in [-0.39, 0.29) is 5.56 Å². The van der Waals surface area contributed by atoms with E-state index in [2.05, 4.69) is 23.6 Å². The Bertz CT molecular complexity index is 767. The molecule has 1 aliphatic carbocycles. The van der Waals surface area contributed by atoms with E-state index in [0.29, 0.717) is 34.6 Å². The molecule has 2 heterocycles. The lowest BCUT2D eigenvalue weighted by Crippen LogP contribution is -3.17. The zero-order valence-electron chi connectivity index (χ0n) is 13.9. The Kier molecular flexibility index (Phi) is 4.68. The lowest BCUT2D eigenvalue weighted by molar-refractivity contribution is -0.954. The number of hydrogen-bond donors (Lipinski definition) is 1. The molecule has 1 unspecified atom stereocenters. The number of thiazole rings is 1. The van der Waals surface area contributed by atoms with Crippen LogP contribution >= 0.6 is 11.3 Å². The molecule has 0 saturated heterocycles. The minimum Gasteiger partial charge on any atom is -0.466 e. The van der Waals surface area contributed by atoms with Crippen LogP contribution in [0.1, 0.15) is 33.1 Å². The Morgan fingerprint density at radius 3 is 2.96 bits per heavy atom. The van der Waals surface area contributed by atoms with E-state index in [9.17, 15) is 9.59 Å². The fraction of sp³-hybridized carbons (Fsp3) is 0.688. The molecule has 1 N–H and O–H groups in total. The molecule has 126 valence electrons. The van der Waals surface area contributed by atoms with Gasteiger partial charge in [-0.2, -0.15) is 0 Å². The Morgan fingerprint density at radius 1 is 1.43 bits per heavy atom. The number of ether oxygens (including phenoxy) is 1. The van der Waals surface area contributed by atoms with Crippen LogP contribution in [0, 0.1) is 11.8 Å². The summed E-state index contributed by atoms with van der Waals surface area (Å²) in [6.45, 7) is 6.00. The minimum absolute atomic E-state index is 0.132. The lowest BCUT2D eigenvalue weighted by Gasteiger charge is -2.38. The number of hydrogen-bond acceptors (Lipinski definition) is 5. The second kappa shape index (κ2) is 6.57. The summed E-state index contributed by atoms with van der Waals surface area (Å²) < 4.78 is 6.73. The van der Waals surface area contributed by atoms with Crippen molar-refractivity contribution < 1.29 is 14.4 Å². The summed E-state index contributed by atoms with van der Waals surface area (Å²) in [7, 11) is 1.31. The molecule has 0 radical (unpaired) electrons. The van der Waals surface area contributed by atoms with Gasteiger partial charge in [0, 0.05) is 12.0 Å². The lowest BCUT2D eigenvalue weighted by atomic mass is 9.77. The quantitative estimate of drug-likeness (QED) is 0.713. The van der Waals surface area contributed by atoms with Crippen LogP contribution in [0.5, 0.6) is 0 Å². The normalized spacial score (nSPS) is 31.3. The number of nitrogens with zero attached hydrogens (tertiary/aromatic N) is 2. The number of quaternary nitrogens is 1. The molecule has 2 aliphatic rings. The van der Waals surface area contributed by atoms with Gasteiger partial charge in [0.2, 0.25) is 0 Å². The van der Waals surface area contributed by atoms with Crippen molar-refractivity contribution in [1.82, 2.24) is 4.57 Å². The van der Waals surface area contributed by atoms with Crippen molar-refractivity contribution in [2.24, 2.45) is 16.8 Å². The largest absolute Gasteiger partial charge is 0.466 e. The fourth-order valence-electron chi connectivity index (χ4n) is 3.75. The van der Waals surface area contributed by atoms with Gasteiger partial charge in [-0.15, -0.1) is 0 Å². The smallest absolute Gasteiger partial charge is 0.332 e. The molecule has 0 bridgehead atoms. The van der Waals surface area contributed by atoms with E-state index in [4.69, 9.17) is 0 Å². The van der Waals surface area contributed by atoms with Gasteiger partial charge in [-0.3, -0.25) is 9.69 Å². The van der Waals surface area contributed by atoms with E-state index in [1.165, 1.54) is 48.7 Å². The molecule has 0 spiro atoms. The van der Waals surface area contributed by atoms with Crippen LogP contribution < -0.4 is 19.8 Å². The first-order valence-electron chi connectivity index (χ1n) is 8.19. The molecule has 1 fully saturated rings. The highest BCUT2D eigenvalue weighted by Gasteiger charge is 2.36. The van der Waals surface area contributed by atoms with E-state index in [1.54, 1.807) is 4.57 Å². The predicted molar refractivity (Wildman–Crippen MR) is 87.6 cm³/mol. The zero-order chi connectivity index (χ0) is 16.6. The maximum absolute atomic E-state index is 12.5. The van der Waals surface area contributed by atoms with Gasteiger partial charge in [0.1, 0.15) is 4.53 Å². The number of carbonyl (C=O) groups is 1. The summed E-state index contributed by atoms with van der Waals surface area (Å²) in [5, 5.41) is 0. The van der Waals surface area contributed by atoms with Gasteiger partial charge in [-0.05, 0) is 25.2 Å². The third-order valence-corrected chi connectivity index (χ3v) is 6.39. The first kappa shape index (κ1) is 16.4. The SMILES string of the molecule is COC(=O)/C=c1/sc2n(c1=O)C[NH+]([C@@H]1CCC[C@H](C)[C@H]1C)CN=2. The van der Waals surface area contributed by atoms with Crippen molar-refractivity contribution in [3.05, 3.63) is 19.7 Å². The zero-order valence-corrected chi connectivity index (χ0v) is 14.7. The van der Waals surface area contributed by atoms with E-state index in [0.717, 1.165) is 5.92 Å². The van der Waals surface area contributed by atoms with Gasteiger partial charge in [0.15, 0.2) is 18.1 Å². The maximum Gasteiger partial charge on any atom is 0.332 e. The number of aromatic nitrogens is 1. The molecular weight excluding hydrogens is 314 g/mol. The number of fused-ring (bicyclic) bond motifs is 1. The van der Waals surface area contributed by atoms with Crippen LogP contribution in [0.3, 0.4) is 0 Å². The molecule has 0 amide bonds.